The molecular formula is C29H46N4O2. The van der Waals surface area contributed by atoms with Gasteiger partial charge in [-0.15, -0.1) is 0 Å². The number of hydrogen-bond acceptors (Lipinski definition) is 4. The van der Waals surface area contributed by atoms with E-state index in [2.05, 4.69) is 34.4 Å². The van der Waals surface area contributed by atoms with Crippen molar-refractivity contribution >= 4 is 17.4 Å². The van der Waals surface area contributed by atoms with E-state index < -0.39 is 0 Å². The first-order valence-corrected chi connectivity index (χ1v) is 14.4. The van der Waals surface area contributed by atoms with E-state index in [0.29, 0.717) is 12.2 Å². The lowest BCUT2D eigenvalue weighted by molar-refractivity contribution is -0.118. The van der Waals surface area contributed by atoms with Gasteiger partial charge in [0.25, 0.3) is 0 Å². The maximum absolute atomic E-state index is 13.4. The van der Waals surface area contributed by atoms with Crippen molar-refractivity contribution < 1.29 is 9.59 Å². The minimum absolute atomic E-state index is 0.0231. The summed E-state index contributed by atoms with van der Waals surface area (Å²) in [6.07, 6.45) is 16.3. The van der Waals surface area contributed by atoms with Crippen molar-refractivity contribution in [3.8, 4) is 0 Å². The van der Waals surface area contributed by atoms with Crippen LogP contribution in [0.15, 0.2) is 0 Å². The molecule has 0 radical (unpaired) electrons. The molecule has 0 unspecified atom stereocenters. The molecule has 35 heavy (non-hydrogen) atoms. The summed E-state index contributed by atoms with van der Waals surface area (Å²) in [4.78, 5) is 32.7. The number of aromatic amines is 1. The van der Waals surface area contributed by atoms with Gasteiger partial charge < -0.3 is 15.6 Å². The van der Waals surface area contributed by atoms with Gasteiger partial charge in [-0.2, -0.15) is 0 Å². The van der Waals surface area contributed by atoms with Crippen molar-refractivity contribution in [3.05, 3.63) is 17.0 Å². The lowest BCUT2D eigenvalue weighted by Gasteiger charge is -2.41. The molecule has 1 amide bonds. The van der Waals surface area contributed by atoms with Crippen LogP contribution in [0.25, 0.3) is 0 Å². The van der Waals surface area contributed by atoms with Gasteiger partial charge in [-0.25, -0.2) is 0 Å². The maximum atomic E-state index is 13.4. The molecule has 1 aromatic rings. The number of aromatic nitrogens is 1. The van der Waals surface area contributed by atoms with Crippen molar-refractivity contribution in [1.29, 1.82) is 0 Å². The number of anilines is 1. The van der Waals surface area contributed by atoms with E-state index in [9.17, 15) is 9.59 Å². The Labute approximate surface area is 211 Å². The Kier molecular flexibility index (Phi) is 7.41. The molecule has 2 saturated carbocycles. The minimum Gasteiger partial charge on any atom is -0.354 e. The van der Waals surface area contributed by atoms with E-state index in [4.69, 9.17) is 0 Å². The van der Waals surface area contributed by atoms with Gasteiger partial charge in [-0.1, -0.05) is 58.8 Å². The minimum atomic E-state index is -0.140. The van der Waals surface area contributed by atoms with Gasteiger partial charge in [0.1, 0.15) is 5.69 Å². The first kappa shape index (κ1) is 25.0. The fraction of sp³-hybridized carbons (Fsp3) is 0.793. The van der Waals surface area contributed by atoms with Gasteiger partial charge in [0.15, 0.2) is 5.78 Å². The summed E-state index contributed by atoms with van der Waals surface area (Å²) < 4.78 is 0. The molecule has 4 aliphatic rings. The average Bonchev–Trinajstić information content (AvgIpc) is 3.59. The first-order valence-electron chi connectivity index (χ1n) is 14.4. The second-order valence-electron chi connectivity index (χ2n) is 12.6. The van der Waals surface area contributed by atoms with Gasteiger partial charge in [0.2, 0.25) is 5.91 Å². The Morgan fingerprint density at radius 2 is 1.66 bits per heavy atom. The Morgan fingerprint density at radius 3 is 2.31 bits per heavy atom. The largest absolute Gasteiger partial charge is 0.354 e. The Morgan fingerprint density at radius 1 is 0.971 bits per heavy atom. The highest BCUT2D eigenvalue weighted by molar-refractivity contribution is 6.07. The van der Waals surface area contributed by atoms with Crippen molar-refractivity contribution in [2.45, 2.75) is 109 Å². The fourth-order valence-electron chi connectivity index (χ4n) is 6.99. The van der Waals surface area contributed by atoms with E-state index in [-0.39, 0.29) is 28.6 Å². The van der Waals surface area contributed by atoms with Crippen LogP contribution >= 0.6 is 0 Å². The molecule has 3 heterocycles. The number of hydrogen-bond donors (Lipinski definition) is 3. The predicted molar refractivity (Wildman–Crippen MR) is 141 cm³/mol. The SMILES string of the molecule is CC1(C)CCCN(CC(=O)Nc2c(C(=O)C3CC3)[nH]c3c2C2(CCCCCCCCC2)NCC3)C1. The van der Waals surface area contributed by atoms with Crippen molar-refractivity contribution in [1.82, 2.24) is 15.2 Å². The number of rotatable bonds is 5. The standard InChI is InChI=1S/C29H46N4O2/c1-28(2)14-10-18-33(20-28)19-23(34)32-25-24-22(31-26(25)27(35)21-11-12-21)13-17-30-29(24)15-8-6-4-3-5-7-9-16-29/h21,30-31H,3-20H2,1-2H3,(H,32,34). The molecule has 0 bridgehead atoms. The predicted octanol–water partition coefficient (Wildman–Crippen LogP) is 5.53. The number of nitrogens with one attached hydrogen (secondary N) is 3. The van der Waals surface area contributed by atoms with Gasteiger partial charge in [-0.05, 0) is 50.5 Å². The zero-order valence-electron chi connectivity index (χ0n) is 22.1. The van der Waals surface area contributed by atoms with E-state index >= 15 is 0 Å². The molecule has 0 atom stereocenters. The molecule has 2 aliphatic heterocycles. The van der Waals surface area contributed by atoms with Crippen LogP contribution < -0.4 is 10.6 Å². The monoisotopic (exact) mass is 482 g/mol. The zero-order chi connectivity index (χ0) is 24.5. The molecule has 1 aromatic heterocycles. The number of likely N-dealkylation sites (tertiary alicyclic amines) is 1. The van der Waals surface area contributed by atoms with Crippen LogP contribution in [-0.4, -0.2) is 47.8 Å². The van der Waals surface area contributed by atoms with Crippen LogP contribution in [0.3, 0.4) is 0 Å². The van der Waals surface area contributed by atoms with E-state index in [1.165, 1.54) is 62.6 Å². The van der Waals surface area contributed by atoms with Crippen molar-refractivity contribution in [3.63, 3.8) is 0 Å². The third-order valence-corrected chi connectivity index (χ3v) is 8.91. The Hall–Kier alpha value is -1.66. The first-order chi connectivity index (χ1) is 16.9. The Balaban J connectivity index is 1.45. The summed E-state index contributed by atoms with van der Waals surface area (Å²) >= 11 is 0. The van der Waals surface area contributed by atoms with E-state index in [1.54, 1.807) is 0 Å². The summed E-state index contributed by atoms with van der Waals surface area (Å²) in [6.45, 7) is 7.84. The topological polar surface area (TPSA) is 77.2 Å². The Bertz CT molecular complexity index is 919. The van der Waals surface area contributed by atoms with Crippen LogP contribution in [0.2, 0.25) is 0 Å². The number of Topliss-reactive ketones (excluding diaryl/α,β-unsaturated/α-hetero) is 1. The summed E-state index contributed by atoms with van der Waals surface area (Å²) in [7, 11) is 0. The summed E-state index contributed by atoms with van der Waals surface area (Å²) in [5.41, 5.74) is 3.98. The van der Waals surface area contributed by atoms with Gasteiger partial charge >= 0.3 is 0 Å². The molecule has 6 nitrogen and oxygen atoms in total. The number of nitrogens with zero attached hydrogens (tertiary/aromatic N) is 1. The van der Waals surface area contributed by atoms with Gasteiger partial charge in [0.05, 0.1) is 12.2 Å². The number of carbonyl (C=O) groups excluding carboxylic acids is 2. The fourth-order valence-corrected chi connectivity index (χ4v) is 6.99. The number of piperidine rings is 1. The summed E-state index contributed by atoms with van der Waals surface area (Å²) in [5, 5.41) is 7.24. The van der Waals surface area contributed by atoms with Crippen LogP contribution in [-0.2, 0) is 16.8 Å². The molecule has 2 aliphatic carbocycles. The summed E-state index contributed by atoms with van der Waals surface area (Å²) in [5.74, 6) is 0.348. The highest BCUT2D eigenvalue weighted by atomic mass is 16.2. The molecule has 194 valence electrons. The van der Waals surface area contributed by atoms with Crippen LogP contribution in [0.1, 0.15) is 119 Å². The van der Waals surface area contributed by atoms with Crippen LogP contribution in [0.4, 0.5) is 5.69 Å². The number of ketones is 1. The van der Waals surface area contributed by atoms with Crippen molar-refractivity contribution in [2.75, 3.05) is 31.5 Å². The molecule has 5 rings (SSSR count). The lowest BCUT2D eigenvalue weighted by Crippen LogP contribution is -2.48. The smallest absolute Gasteiger partial charge is 0.238 e. The molecule has 6 heteroatoms. The van der Waals surface area contributed by atoms with Gasteiger partial charge in [0, 0.05) is 42.2 Å². The molecule has 3 fully saturated rings. The quantitative estimate of drug-likeness (QED) is 0.482. The highest BCUT2D eigenvalue weighted by Crippen LogP contribution is 2.46. The third-order valence-electron chi connectivity index (χ3n) is 8.91. The molecule has 1 saturated heterocycles. The molecular weight excluding hydrogens is 436 g/mol. The summed E-state index contributed by atoms with van der Waals surface area (Å²) in [6, 6.07) is 0. The van der Waals surface area contributed by atoms with Crippen LogP contribution in [0, 0.1) is 11.3 Å². The number of H-pyrrole nitrogens is 1. The molecule has 0 aromatic carbocycles. The average molecular weight is 483 g/mol. The van der Waals surface area contributed by atoms with Crippen molar-refractivity contribution in [2.24, 2.45) is 11.3 Å². The number of amides is 1. The zero-order valence-corrected chi connectivity index (χ0v) is 22.1. The van der Waals surface area contributed by atoms with E-state index in [1.807, 2.05) is 0 Å². The number of fused-ring (bicyclic) bond motifs is 2. The second kappa shape index (κ2) is 10.4. The third kappa shape index (κ3) is 5.69. The van der Waals surface area contributed by atoms with Crippen LogP contribution in [0.5, 0.6) is 0 Å². The van der Waals surface area contributed by atoms with E-state index in [0.717, 1.165) is 63.8 Å². The lowest BCUT2D eigenvalue weighted by atomic mass is 9.76. The normalized spacial score (nSPS) is 25.1. The molecule has 3 N–H and O–H groups in total. The second-order valence-corrected chi connectivity index (χ2v) is 12.6. The van der Waals surface area contributed by atoms with Gasteiger partial charge in [-0.3, -0.25) is 14.5 Å². The molecule has 1 spiro atoms. The maximum Gasteiger partial charge on any atom is 0.238 e. The number of carbonyl (C=O) groups is 2. The highest BCUT2D eigenvalue weighted by Gasteiger charge is 2.43.